The van der Waals surface area contributed by atoms with Gasteiger partial charge in [0.05, 0.1) is 26.7 Å². The van der Waals surface area contributed by atoms with Crippen LogP contribution >= 0.6 is 164 Å². The fourth-order valence-corrected chi connectivity index (χ4v) is 16.6. The first kappa shape index (κ1) is 103. The van der Waals surface area contributed by atoms with Crippen LogP contribution in [0.4, 0.5) is 0 Å². The Morgan fingerprint density at radius 3 is 1.16 bits per heavy atom. The van der Waals surface area contributed by atoms with E-state index in [0.717, 1.165) is 101 Å². The van der Waals surface area contributed by atoms with Crippen LogP contribution in [0.5, 0.6) is 0 Å². The fourth-order valence-electron chi connectivity index (χ4n) is 13.4. The molecule has 3 radical (unpaired) electrons. The zero-order valence-corrected chi connectivity index (χ0v) is 72.5. The van der Waals surface area contributed by atoms with Gasteiger partial charge in [0.2, 0.25) is 0 Å². The Kier molecular flexibility index (Phi) is 48.4. The molecule has 0 spiro atoms. The molecule has 0 fully saturated rings. The number of carbonyl (C=O) groups excluding carboxylic acids is 1. The Hall–Kier alpha value is -5.03. The van der Waals surface area contributed by atoms with Gasteiger partial charge in [-0.05, 0) is 165 Å². The molecule has 14 rings (SSSR count). The molecule has 0 amide bonds. The van der Waals surface area contributed by atoms with E-state index < -0.39 is 17.0 Å². The smallest absolute Gasteiger partial charge is 0.512 e. The van der Waals surface area contributed by atoms with Gasteiger partial charge in [0.15, 0.2) is 0 Å². The maximum atomic E-state index is 11.7. The molecule has 3 aliphatic rings. The third-order valence-electron chi connectivity index (χ3n) is 17.7. The van der Waals surface area contributed by atoms with Crippen LogP contribution in [0.1, 0.15) is 108 Å². The van der Waals surface area contributed by atoms with Crippen LogP contribution in [0, 0.1) is 11.8 Å². The number of benzene rings is 11. The largest absolute Gasteiger partial charge is 1.00 e. The number of hydrogen-bond donors (Lipinski definition) is 4. The first-order chi connectivity index (χ1) is 51.3. The van der Waals surface area contributed by atoms with Crippen LogP contribution in [-0.2, 0) is 56.5 Å². The van der Waals surface area contributed by atoms with Gasteiger partial charge in [0.25, 0.3) is 0 Å². The maximum absolute atomic E-state index is 11.7. The third kappa shape index (κ3) is 27.3. The van der Waals surface area contributed by atoms with Crippen molar-refractivity contribution in [3.63, 3.8) is 0 Å². The standard InChI is InChI=1S/C29H23Cl2NO2.C28H23Cl2N.C9H10Cl3N.C9H9Cl2N.C7H4Cl2O.C2H6ClN.CN.2CH4.B.2ClH.Na/c30-25-18-20-19-32(17-16-24(20)27(31)26(25)28(33)34)29(21-10-4-1-5-11-21,22-12-6-2-7-13-22)23-14-8-3-9-15-23;29-25-18-21-20-31(17-16-26(21)27(30)19-25)28(22-10-4-1-5-11-22,23-12-6-2-7-13-23)24-14-8-3-9-15-24;10-1-2-13-6-7-3-8(11)5-9(12)4-7;10-7-3-6-5-12-2-1-8(6)9(11)4-7;8-6-1-5(4-10)2-7(9)3-6;3-1-2-4;1-2;;;;;;/h1-15,18H,16-17,19H2,(H,33,34);1-15,18-19H,16-17,20H2;3-5,13H,1-2,6H2;3-4,12H,1-2,5H2;1-4H;1-2,4H2;;2*1H4;;2*1H;/q;;;;;;-1;;;;;;+1. The van der Waals surface area contributed by atoms with Crippen molar-refractivity contribution in [3.8, 4) is 0 Å². The number of aldehydes is 1. The van der Waals surface area contributed by atoms with Crippen molar-refractivity contribution >= 4 is 185 Å². The van der Waals surface area contributed by atoms with E-state index in [1.54, 1.807) is 30.3 Å². The van der Waals surface area contributed by atoms with E-state index in [9.17, 15) is 14.7 Å². The Morgan fingerprint density at radius 1 is 0.482 bits per heavy atom. The number of halogens is 14. The molecular formula is C87H85BCl14N6NaO3. The van der Waals surface area contributed by atoms with E-state index in [-0.39, 0.29) is 93.2 Å². The molecule has 5 N–H and O–H groups in total. The van der Waals surface area contributed by atoms with Crippen molar-refractivity contribution < 1.29 is 44.3 Å². The first-order valence-corrected chi connectivity index (χ1v) is 38.5. The van der Waals surface area contributed by atoms with E-state index in [1.807, 2.05) is 48.5 Å². The molecule has 25 heteroatoms. The van der Waals surface area contributed by atoms with Crippen molar-refractivity contribution in [2.45, 2.75) is 71.4 Å². The number of nitrogens with zero attached hydrogens (tertiary/aromatic N) is 3. The average molecular weight is 1790 g/mol. The predicted octanol–water partition coefficient (Wildman–Crippen LogP) is 22.2. The second kappa shape index (κ2) is 52.6. The van der Waals surface area contributed by atoms with Gasteiger partial charge in [-0.25, -0.2) is 4.79 Å². The van der Waals surface area contributed by atoms with Gasteiger partial charge in [-0.1, -0.05) is 313 Å². The molecule has 0 atom stereocenters. The third-order valence-corrected chi connectivity index (χ3v) is 20.8. The van der Waals surface area contributed by atoms with Gasteiger partial charge in [-0.15, -0.1) is 48.0 Å². The summed E-state index contributed by atoms with van der Waals surface area (Å²) in [5.74, 6) is 0.0707. The Labute approximate surface area is 757 Å². The van der Waals surface area contributed by atoms with Crippen molar-refractivity contribution in [2.24, 2.45) is 5.73 Å². The Bertz CT molecular complexity index is 4440. The minimum atomic E-state index is -1.10. The molecule has 9 nitrogen and oxygen atoms in total. The topological polar surface area (TPSA) is 135 Å². The van der Waals surface area contributed by atoms with E-state index in [4.69, 9.17) is 157 Å². The maximum Gasteiger partial charge on any atom is 1.00 e. The van der Waals surface area contributed by atoms with Gasteiger partial charge in [0.1, 0.15) is 6.29 Å². The second-order valence-corrected chi connectivity index (χ2v) is 29.3. The van der Waals surface area contributed by atoms with Crippen LogP contribution in [-0.4, -0.2) is 80.1 Å². The number of nitrogens with two attached hydrogens (primary N) is 1. The summed E-state index contributed by atoms with van der Waals surface area (Å²) in [6.07, 6.45) is 3.22. The zero-order valence-electron chi connectivity index (χ0n) is 59.8. The minimum Gasteiger partial charge on any atom is -0.512 e. The average Bonchev–Trinajstić information content (AvgIpc) is 0.736. The first-order valence-electron chi connectivity index (χ1n) is 33.7. The van der Waals surface area contributed by atoms with E-state index >= 15 is 0 Å². The number of nitrogens with one attached hydrogen (secondary N) is 2. The normalized spacial score (nSPS) is 12.2. The number of carboxylic acids is 1. The van der Waals surface area contributed by atoms with E-state index in [0.29, 0.717) is 74.8 Å². The molecule has 3 heterocycles. The number of aromatic carboxylic acids is 1. The summed E-state index contributed by atoms with van der Waals surface area (Å²) in [6.45, 7) is 11.7. The zero-order chi connectivity index (χ0) is 76.2. The van der Waals surface area contributed by atoms with Gasteiger partial charge in [-0.3, -0.25) is 14.6 Å². The van der Waals surface area contributed by atoms with Crippen molar-refractivity contribution in [1.29, 1.82) is 5.26 Å². The van der Waals surface area contributed by atoms with Crippen LogP contribution in [0.25, 0.3) is 0 Å². The molecule has 0 saturated carbocycles. The Balaban J connectivity index is 0.000000496. The van der Waals surface area contributed by atoms with Crippen molar-refractivity contribution in [2.75, 3.05) is 44.5 Å². The van der Waals surface area contributed by atoms with Crippen LogP contribution in [0.3, 0.4) is 0 Å². The van der Waals surface area contributed by atoms with Crippen LogP contribution in [0.2, 0.25) is 50.2 Å². The van der Waals surface area contributed by atoms with Crippen molar-refractivity contribution in [3.05, 3.63) is 389 Å². The number of fused-ring (bicyclic) bond motifs is 3. The molecule has 0 bridgehead atoms. The molecule has 0 unspecified atom stereocenters. The monoisotopic (exact) mass is 1790 g/mol. The van der Waals surface area contributed by atoms with Crippen LogP contribution < -0.4 is 45.9 Å². The van der Waals surface area contributed by atoms with Gasteiger partial charge in [0, 0.05) is 118 Å². The van der Waals surface area contributed by atoms with Gasteiger partial charge < -0.3 is 33.3 Å². The molecule has 0 aromatic heterocycles. The number of hydrogen-bond acceptors (Lipinski definition) is 8. The summed E-state index contributed by atoms with van der Waals surface area (Å²) >= 11 is 71.2. The van der Waals surface area contributed by atoms with Crippen LogP contribution in [0.15, 0.2) is 249 Å². The SMILES string of the molecule is C.C.Cl.Cl.ClCCNCc1cc(Cl)cc(Cl)c1.Clc1cc(Cl)c2c(c1)CN(C(c1ccccc1)(c1ccccc1)c1ccccc1)CC2.Clc1cc(Cl)c2c(c1)CNCC2.NCCCl.O=C(O)c1c(Cl)cc2c(c1Cl)CCN(C(c1ccccc1)(c1ccccc1)c1ccccc1)C2.O=Cc1cc(Cl)cc(Cl)c1.[B].[C-]#N.[Na+]. The van der Waals surface area contributed by atoms with E-state index in [2.05, 4.69) is 190 Å². The minimum absolute atomic E-state index is 0. The fraction of sp³-hybridized carbons (Fsp3) is 0.207. The summed E-state index contributed by atoms with van der Waals surface area (Å²) in [7, 11) is 0. The van der Waals surface area contributed by atoms with Gasteiger partial charge in [-0.2, -0.15) is 0 Å². The van der Waals surface area contributed by atoms with E-state index in [1.165, 1.54) is 38.9 Å². The molecule has 112 heavy (non-hydrogen) atoms. The molecular weight excluding hydrogens is 1710 g/mol. The molecule has 0 saturated heterocycles. The summed E-state index contributed by atoms with van der Waals surface area (Å²) in [5, 5.41) is 28.0. The molecule has 11 aromatic rings. The summed E-state index contributed by atoms with van der Waals surface area (Å²) < 4.78 is 0. The Morgan fingerprint density at radius 2 is 0.812 bits per heavy atom. The number of alkyl halides is 2. The molecule has 11 aromatic carbocycles. The second-order valence-electron chi connectivity index (χ2n) is 24.4. The molecule has 0 aliphatic carbocycles. The molecule has 3 aliphatic heterocycles. The summed E-state index contributed by atoms with van der Waals surface area (Å²) in [5.41, 5.74) is 19.4. The van der Waals surface area contributed by atoms with Gasteiger partial charge >= 0.3 is 35.5 Å². The number of carbonyl (C=O) groups is 2. The predicted molar refractivity (Wildman–Crippen MR) is 478 cm³/mol. The summed E-state index contributed by atoms with van der Waals surface area (Å²) in [4.78, 5) is 26.9. The quantitative estimate of drug-likeness (QED) is 0.0198. The van der Waals surface area contributed by atoms with Crippen molar-refractivity contribution in [1.82, 2.24) is 20.4 Å². The summed E-state index contributed by atoms with van der Waals surface area (Å²) in [6, 6.07) is 83.6. The number of rotatable bonds is 15. The molecule has 583 valence electrons. The number of carboxylic acid groups (broad SMARTS) is 1.